The van der Waals surface area contributed by atoms with Crippen LogP contribution >= 0.6 is 11.8 Å². The van der Waals surface area contributed by atoms with Gasteiger partial charge < -0.3 is 19.6 Å². The summed E-state index contributed by atoms with van der Waals surface area (Å²) in [6, 6.07) is 7.76. The Morgan fingerprint density at radius 3 is 2.39 bits per heavy atom. The van der Waals surface area contributed by atoms with Gasteiger partial charge in [-0.05, 0) is 51.0 Å². The van der Waals surface area contributed by atoms with E-state index in [1.165, 1.54) is 0 Å². The van der Waals surface area contributed by atoms with Gasteiger partial charge in [-0.15, -0.1) is 11.8 Å². The fraction of sp³-hybridized carbons (Fsp3) is 0.606. The number of benzene rings is 1. The summed E-state index contributed by atoms with van der Waals surface area (Å²) in [7, 11) is 0. The molecule has 0 aliphatic carbocycles. The van der Waals surface area contributed by atoms with Gasteiger partial charge in [-0.1, -0.05) is 75.4 Å². The van der Waals surface area contributed by atoms with Crippen LogP contribution in [0, 0.1) is 17.3 Å². The number of esters is 1. The summed E-state index contributed by atoms with van der Waals surface area (Å²) < 4.78 is 4.02. The summed E-state index contributed by atoms with van der Waals surface area (Å²) in [5, 5.41) is 10.8. The molecule has 4 aliphatic rings. The van der Waals surface area contributed by atoms with Crippen LogP contribution in [0.25, 0.3) is 0 Å². The molecule has 1 N–H and O–H groups in total. The van der Waals surface area contributed by atoms with Crippen molar-refractivity contribution in [2.24, 2.45) is 17.3 Å². The molecule has 2 saturated heterocycles. The van der Waals surface area contributed by atoms with Crippen molar-refractivity contribution < 1.29 is 24.2 Å². The van der Waals surface area contributed by atoms with Crippen molar-refractivity contribution >= 4 is 29.5 Å². The van der Waals surface area contributed by atoms with Crippen molar-refractivity contribution in [1.29, 1.82) is 0 Å². The van der Waals surface area contributed by atoms with Crippen LogP contribution in [-0.2, 0) is 19.1 Å². The first kappa shape index (κ1) is 29.9. The molecular formula is C33H44N2O5S. The first-order valence-electron chi connectivity index (χ1n) is 14.8. The largest absolute Gasteiger partial charge is 0.465 e. The molecule has 222 valence electrons. The van der Waals surface area contributed by atoms with Crippen LogP contribution in [-0.4, -0.2) is 73.5 Å². The van der Waals surface area contributed by atoms with E-state index in [4.69, 9.17) is 4.74 Å². The monoisotopic (exact) mass is 580 g/mol. The summed E-state index contributed by atoms with van der Waals surface area (Å²) in [6.45, 7) is 13.0. The molecule has 1 spiro atoms. The van der Waals surface area contributed by atoms with Crippen molar-refractivity contribution in [1.82, 2.24) is 9.80 Å². The lowest BCUT2D eigenvalue weighted by Crippen LogP contribution is -2.59. The van der Waals surface area contributed by atoms with Gasteiger partial charge in [0.15, 0.2) is 0 Å². The van der Waals surface area contributed by atoms with E-state index in [2.05, 4.69) is 46.8 Å². The predicted molar refractivity (Wildman–Crippen MR) is 161 cm³/mol. The van der Waals surface area contributed by atoms with E-state index in [1.54, 1.807) is 16.7 Å². The summed E-state index contributed by atoms with van der Waals surface area (Å²) in [5.74, 6) is -2.38. The Bertz CT molecular complexity index is 1250. The number of fused-ring (bicyclic) bond motifs is 2. The molecule has 1 aromatic rings. The summed E-state index contributed by atoms with van der Waals surface area (Å²) in [5.41, 5.74) is 0.229. The minimum Gasteiger partial charge on any atom is -0.465 e. The van der Waals surface area contributed by atoms with E-state index in [-0.39, 0.29) is 23.8 Å². The second-order valence-corrected chi connectivity index (χ2v) is 15.8. The smallest absolute Gasteiger partial charge is 0.311 e. The molecule has 4 heterocycles. The molecule has 0 radical (unpaired) electrons. The Balaban J connectivity index is 1.70. The normalized spacial score (nSPS) is 33.6. The van der Waals surface area contributed by atoms with Crippen LogP contribution in [0.4, 0.5) is 0 Å². The van der Waals surface area contributed by atoms with Crippen molar-refractivity contribution in [3.05, 3.63) is 60.2 Å². The third-order valence-electron chi connectivity index (χ3n) is 9.07. The summed E-state index contributed by atoms with van der Waals surface area (Å²) in [4.78, 5) is 46.9. The van der Waals surface area contributed by atoms with Gasteiger partial charge in [0.05, 0.1) is 35.8 Å². The minimum absolute atomic E-state index is 0.0308. The SMILES string of the molecule is CC(C)(C)CC(C)(C)N1CC=C[C@]23S[C@@]4(C)/C=C\CCCOC(=O)[C@H]4[C@H]2C(=O)N([C@H](CO)c2ccccc2)C3C1=O. The Labute approximate surface area is 248 Å². The van der Waals surface area contributed by atoms with Crippen LogP contribution < -0.4 is 0 Å². The van der Waals surface area contributed by atoms with Crippen molar-refractivity contribution in [2.75, 3.05) is 19.8 Å². The lowest BCUT2D eigenvalue weighted by atomic mass is 9.74. The zero-order chi connectivity index (χ0) is 29.8. The fourth-order valence-electron chi connectivity index (χ4n) is 7.88. The molecule has 2 fully saturated rings. The maximum Gasteiger partial charge on any atom is 0.311 e. The zero-order valence-electron chi connectivity index (χ0n) is 25.1. The Kier molecular flexibility index (Phi) is 7.73. The molecule has 0 aromatic heterocycles. The molecule has 41 heavy (non-hydrogen) atoms. The Morgan fingerprint density at radius 1 is 1.02 bits per heavy atom. The van der Waals surface area contributed by atoms with Gasteiger partial charge in [-0.25, -0.2) is 0 Å². The van der Waals surface area contributed by atoms with Gasteiger partial charge in [-0.3, -0.25) is 14.4 Å². The first-order chi connectivity index (χ1) is 19.3. The van der Waals surface area contributed by atoms with E-state index in [0.717, 1.165) is 24.8 Å². The van der Waals surface area contributed by atoms with E-state index in [1.807, 2.05) is 54.3 Å². The highest BCUT2D eigenvalue weighted by Gasteiger charge is 2.74. The number of carbonyl (C=O) groups excluding carboxylic acids is 3. The van der Waals surface area contributed by atoms with Crippen LogP contribution in [0.5, 0.6) is 0 Å². The number of amides is 2. The molecule has 1 aromatic carbocycles. The highest BCUT2D eigenvalue weighted by atomic mass is 32.2. The quantitative estimate of drug-likeness (QED) is 0.393. The molecule has 6 atom stereocenters. The maximum absolute atomic E-state index is 14.9. The predicted octanol–water partition coefficient (Wildman–Crippen LogP) is 4.91. The summed E-state index contributed by atoms with van der Waals surface area (Å²) >= 11 is 1.54. The van der Waals surface area contributed by atoms with Crippen LogP contribution in [0.15, 0.2) is 54.6 Å². The van der Waals surface area contributed by atoms with Crippen molar-refractivity contribution in [2.45, 2.75) is 87.9 Å². The number of cyclic esters (lactones) is 1. The molecule has 4 aliphatic heterocycles. The number of allylic oxidation sites excluding steroid dienone is 1. The molecule has 5 rings (SSSR count). The fourth-order valence-corrected chi connectivity index (χ4v) is 10.0. The highest BCUT2D eigenvalue weighted by molar-refractivity contribution is 8.02. The number of carbonyl (C=O) groups is 3. The number of aliphatic hydroxyl groups is 1. The van der Waals surface area contributed by atoms with Crippen molar-refractivity contribution in [3.63, 3.8) is 0 Å². The second-order valence-electron chi connectivity index (χ2n) is 14.0. The average molecular weight is 581 g/mol. The molecule has 7 nitrogen and oxygen atoms in total. The minimum atomic E-state index is -0.995. The molecule has 0 bridgehead atoms. The number of likely N-dealkylation sites (tertiary alicyclic amines) is 1. The molecule has 1 unspecified atom stereocenters. The van der Waals surface area contributed by atoms with Crippen LogP contribution in [0.1, 0.15) is 72.4 Å². The van der Waals surface area contributed by atoms with E-state index in [9.17, 15) is 19.5 Å². The lowest BCUT2D eigenvalue weighted by Gasteiger charge is -2.45. The lowest BCUT2D eigenvalue weighted by molar-refractivity contribution is -0.155. The van der Waals surface area contributed by atoms with Gasteiger partial charge in [0.25, 0.3) is 0 Å². The molecule has 8 heteroatoms. The first-order valence-corrected chi connectivity index (χ1v) is 15.6. The van der Waals surface area contributed by atoms with Gasteiger partial charge in [0, 0.05) is 16.8 Å². The number of hydrogen-bond donors (Lipinski definition) is 1. The average Bonchev–Trinajstić information content (AvgIpc) is 3.23. The van der Waals surface area contributed by atoms with Crippen molar-refractivity contribution in [3.8, 4) is 0 Å². The number of rotatable bonds is 5. The van der Waals surface area contributed by atoms with E-state index >= 15 is 0 Å². The molecule has 0 saturated carbocycles. The third-order valence-corrected chi connectivity index (χ3v) is 10.9. The van der Waals surface area contributed by atoms with Gasteiger partial charge >= 0.3 is 5.97 Å². The topological polar surface area (TPSA) is 87.2 Å². The number of thioether (sulfide) groups is 1. The second kappa shape index (κ2) is 10.6. The molecule has 2 amide bonds. The van der Waals surface area contributed by atoms with E-state index in [0.29, 0.717) is 13.2 Å². The van der Waals surface area contributed by atoms with Gasteiger partial charge in [0.1, 0.15) is 6.04 Å². The Morgan fingerprint density at radius 2 is 1.73 bits per heavy atom. The zero-order valence-corrected chi connectivity index (χ0v) is 25.9. The number of hydrogen-bond acceptors (Lipinski definition) is 6. The van der Waals surface area contributed by atoms with Crippen LogP contribution in [0.2, 0.25) is 0 Å². The Hall–Kier alpha value is -2.58. The van der Waals surface area contributed by atoms with Crippen LogP contribution in [0.3, 0.4) is 0 Å². The maximum atomic E-state index is 14.9. The molecular weight excluding hydrogens is 536 g/mol. The third kappa shape index (κ3) is 5.05. The van der Waals surface area contributed by atoms with Gasteiger partial charge in [-0.2, -0.15) is 0 Å². The number of ether oxygens (including phenoxy) is 1. The summed E-state index contributed by atoms with van der Waals surface area (Å²) in [6.07, 6.45) is 10.5. The highest BCUT2D eigenvalue weighted by Crippen LogP contribution is 2.66. The van der Waals surface area contributed by atoms with E-state index < -0.39 is 44.9 Å². The number of aliphatic hydroxyl groups excluding tert-OH is 1. The van der Waals surface area contributed by atoms with Gasteiger partial charge in [0.2, 0.25) is 11.8 Å². The standard InChI is InChI=1S/C33H44N2O5S/c1-30(2,3)21-31(4,5)34-18-13-17-33-24(25-29(39)40-19-12-8-11-16-32(25,6)41-33)27(37)35(26(33)28(34)38)23(20-36)22-14-9-7-10-15-22/h7,9-11,13-17,23-26,36H,8,12,18-21H2,1-6H3/b16-11-/t23-,24+,25-,26?,32+,33+/m1/s1. The number of nitrogens with zero attached hydrogens (tertiary/aromatic N) is 2.